The van der Waals surface area contributed by atoms with Crippen LogP contribution in [0.5, 0.6) is 0 Å². The Labute approximate surface area is 98.2 Å². The lowest BCUT2D eigenvalue weighted by Gasteiger charge is -2.09. The first-order valence-electron chi connectivity index (χ1n) is 5.05. The fraction of sp³-hybridized carbons (Fsp3) is 0.0769. The second kappa shape index (κ2) is 4.54. The molecule has 0 aliphatic carbocycles. The zero-order valence-electron chi connectivity index (χ0n) is 8.96. The molecule has 17 heavy (non-hydrogen) atoms. The molecule has 1 atom stereocenters. The van der Waals surface area contributed by atoms with Crippen molar-refractivity contribution in [1.29, 1.82) is 5.26 Å². The molecule has 0 radical (unpaired) electrons. The van der Waals surface area contributed by atoms with Gasteiger partial charge in [-0.15, -0.1) is 0 Å². The van der Waals surface area contributed by atoms with Crippen molar-refractivity contribution < 1.29 is 9.53 Å². The Hall–Kier alpha value is -2.54. The van der Waals surface area contributed by atoms with Gasteiger partial charge in [-0.25, -0.2) is 4.79 Å². The van der Waals surface area contributed by atoms with Crippen LogP contribution in [0.1, 0.15) is 11.7 Å². The number of hydrogen-bond donors (Lipinski definition) is 1. The van der Waals surface area contributed by atoms with Crippen LogP contribution in [-0.2, 0) is 4.74 Å². The van der Waals surface area contributed by atoms with E-state index in [4.69, 9.17) is 15.7 Å². The summed E-state index contributed by atoms with van der Waals surface area (Å²) >= 11 is 0. The first-order valence-corrected chi connectivity index (χ1v) is 5.05. The van der Waals surface area contributed by atoms with Gasteiger partial charge in [-0.05, 0) is 16.8 Å². The number of rotatable bonds is 2. The molecule has 4 nitrogen and oxygen atoms in total. The van der Waals surface area contributed by atoms with Crippen LogP contribution >= 0.6 is 0 Å². The topological polar surface area (TPSA) is 76.1 Å². The van der Waals surface area contributed by atoms with E-state index in [1.165, 1.54) is 0 Å². The largest absolute Gasteiger partial charge is 0.426 e. The lowest BCUT2D eigenvalue weighted by Crippen LogP contribution is -2.16. The van der Waals surface area contributed by atoms with Crippen molar-refractivity contribution in [3.8, 4) is 6.07 Å². The van der Waals surface area contributed by atoms with Gasteiger partial charge < -0.3 is 10.5 Å². The van der Waals surface area contributed by atoms with E-state index in [0.29, 0.717) is 5.56 Å². The summed E-state index contributed by atoms with van der Waals surface area (Å²) in [5.41, 5.74) is 5.52. The molecule has 1 amide bonds. The Morgan fingerprint density at radius 2 is 1.94 bits per heavy atom. The van der Waals surface area contributed by atoms with Crippen LogP contribution in [0.2, 0.25) is 0 Å². The zero-order chi connectivity index (χ0) is 12.3. The van der Waals surface area contributed by atoms with Gasteiger partial charge in [-0.2, -0.15) is 5.26 Å². The molecule has 4 heteroatoms. The highest BCUT2D eigenvalue weighted by molar-refractivity contribution is 5.83. The highest BCUT2D eigenvalue weighted by Gasteiger charge is 2.14. The summed E-state index contributed by atoms with van der Waals surface area (Å²) in [4.78, 5) is 10.7. The zero-order valence-corrected chi connectivity index (χ0v) is 8.96. The Morgan fingerprint density at radius 1 is 1.24 bits per heavy atom. The molecular weight excluding hydrogens is 216 g/mol. The van der Waals surface area contributed by atoms with Crippen molar-refractivity contribution in [3.05, 3.63) is 48.0 Å². The Kier molecular flexibility index (Phi) is 2.93. The van der Waals surface area contributed by atoms with Gasteiger partial charge >= 0.3 is 6.09 Å². The molecular formula is C13H10N2O2. The van der Waals surface area contributed by atoms with Crippen molar-refractivity contribution in [1.82, 2.24) is 0 Å². The minimum Gasteiger partial charge on any atom is -0.426 e. The number of carbonyl (C=O) groups is 1. The molecule has 0 aliphatic rings. The minimum atomic E-state index is -0.961. The number of ether oxygens (including phenoxy) is 1. The standard InChI is InChI=1S/C13H10N2O2/c14-8-12(17-13(15)16)11-6-5-9-3-1-2-4-10(9)7-11/h1-7,12H,(H2,15,16). The van der Waals surface area contributed by atoms with Crippen LogP contribution in [-0.4, -0.2) is 6.09 Å². The first kappa shape index (κ1) is 11.0. The number of nitrogens with zero attached hydrogens (tertiary/aromatic N) is 1. The first-order chi connectivity index (χ1) is 8.20. The summed E-state index contributed by atoms with van der Waals surface area (Å²) in [6.45, 7) is 0. The predicted octanol–water partition coefficient (Wildman–Crippen LogP) is 2.50. The van der Waals surface area contributed by atoms with Crippen LogP contribution in [0.25, 0.3) is 10.8 Å². The molecule has 84 valence electrons. The van der Waals surface area contributed by atoms with Crippen molar-refractivity contribution in [2.24, 2.45) is 5.73 Å². The molecule has 0 spiro atoms. The van der Waals surface area contributed by atoms with E-state index >= 15 is 0 Å². The van der Waals surface area contributed by atoms with Gasteiger partial charge in [-0.3, -0.25) is 0 Å². The fourth-order valence-electron chi connectivity index (χ4n) is 1.66. The fourth-order valence-corrected chi connectivity index (χ4v) is 1.66. The second-order valence-electron chi connectivity index (χ2n) is 3.55. The van der Waals surface area contributed by atoms with Crippen molar-refractivity contribution in [3.63, 3.8) is 0 Å². The number of primary amides is 1. The van der Waals surface area contributed by atoms with Crippen LogP contribution in [0.3, 0.4) is 0 Å². The highest BCUT2D eigenvalue weighted by atomic mass is 16.6. The number of amides is 1. The van der Waals surface area contributed by atoms with Gasteiger partial charge in [0.1, 0.15) is 6.07 Å². The third-order valence-corrected chi connectivity index (χ3v) is 2.43. The lowest BCUT2D eigenvalue weighted by molar-refractivity contribution is 0.133. The summed E-state index contributed by atoms with van der Waals surface area (Å²) in [6.07, 6.45) is -1.91. The maximum absolute atomic E-state index is 10.7. The maximum Gasteiger partial charge on any atom is 0.406 e. The molecule has 0 saturated heterocycles. The molecule has 0 heterocycles. The molecule has 2 aromatic rings. The average Bonchev–Trinajstić information content (AvgIpc) is 2.35. The Morgan fingerprint density at radius 3 is 2.59 bits per heavy atom. The Bertz CT molecular complexity index is 602. The summed E-state index contributed by atoms with van der Waals surface area (Å²) in [7, 11) is 0. The van der Waals surface area contributed by atoms with E-state index < -0.39 is 12.2 Å². The van der Waals surface area contributed by atoms with Crippen molar-refractivity contribution >= 4 is 16.9 Å². The number of nitrogens with two attached hydrogens (primary N) is 1. The van der Waals surface area contributed by atoms with Crippen LogP contribution in [0.15, 0.2) is 42.5 Å². The molecule has 0 aliphatic heterocycles. The molecule has 1 unspecified atom stereocenters. The van der Waals surface area contributed by atoms with E-state index in [1.807, 2.05) is 42.5 Å². The minimum absolute atomic E-state index is 0.616. The van der Waals surface area contributed by atoms with E-state index in [-0.39, 0.29) is 0 Å². The Balaban J connectivity index is 2.41. The van der Waals surface area contributed by atoms with Gasteiger partial charge in [0, 0.05) is 5.56 Å². The second-order valence-corrected chi connectivity index (χ2v) is 3.55. The molecule has 0 saturated carbocycles. The molecule has 0 fully saturated rings. The van der Waals surface area contributed by atoms with Gasteiger partial charge in [-0.1, -0.05) is 36.4 Å². The smallest absolute Gasteiger partial charge is 0.406 e. The SMILES string of the molecule is N#CC(OC(N)=O)c1ccc2ccccc2c1. The van der Waals surface area contributed by atoms with Gasteiger partial charge in [0.15, 0.2) is 0 Å². The average molecular weight is 226 g/mol. The number of carbonyl (C=O) groups excluding carboxylic acids is 1. The van der Waals surface area contributed by atoms with E-state index in [1.54, 1.807) is 6.07 Å². The summed E-state index contributed by atoms with van der Waals surface area (Å²) in [5.74, 6) is 0. The molecule has 0 aromatic heterocycles. The third kappa shape index (κ3) is 2.34. The quantitative estimate of drug-likeness (QED) is 0.854. The van der Waals surface area contributed by atoms with E-state index in [9.17, 15) is 4.79 Å². The van der Waals surface area contributed by atoms with Gasteiger partial charge in [0.05, 0.1) is 0 Å². The number of hydrogen-bond acceptors (Lipinski definition) is 3. The molecule has 0 bridgehead atoms. The third-order valence-electron chi connectivity index (χ3n) is 2.43. The van der Waals surface area contributed by atoms with E-state index in [2.05, 4.69) is 0 Å². The summed E-state index contributed by atoms with van der Waals surface area (Å²) < 4.78 is 4.71. The number of fused-ring (bicyclic) bond motifs is 1. The highest BCUT2D eigenvalue weighted by Crippen LogP contribution is 2.22. The van der Waals surface area contributed by atoms with Crippen LogP contribution < -0.4 is 5.73 Å². The van der Waals surface area contributed by atoms with E-state index in [0.717, 1.165) is 10.8 Å². The lowest BCUT2D eigenvalue weighted by atomic mass is 10.0. The molecule has 2 N–H and O–H groups in total. The molecule has 2 rings (SSSR count). The number of nitriles is 1. The molecule has 2 aromatic carbocycles. The van der Waals surface area contributed by atoms with Crippen LogP contribution in [0, 0.1) is 11.3 Å². The monoisotopic (exact) mass is 226 g/mol. The maximum atomic E-state index is 10.7. The number of benzene rings is 2. The predicted molar refractivity (Wildman–Crippen MR) is 63.0 cm³/mol. The summed E-state index contributed by atoms with van der Waals surface area (Å²) in [5, 5.41) is 11.0. The van der Waals surface area contributed by atoms with Crippen molar-refractivity contribution in [2.75, 3.05) is 0 Å². The normalized spacial score (nSPS) is 11.7. The van der Waals surface area contributed by atoms with Crippen LogP contribution in [0.4, 0.5) is 4.79 Å². The summed E-state index contributed by atoms with van der Waals surface area (Å²) in [6, 6.07) is 15.1. The van der Waals surface area contributed by atoms with Gasteiger partial charge in [0.25, 0.3) is 0 Å². The van der Waals surface area contributed by atoms with Crippen molar-refractivity contribution in [2.45, 2.75) is 6.10 Å². The van der Waals surface area contributed by atoms with Gasteiger partial charge in [0.2, 0.25) is 6.10 Å².